The average Bonchev–Trinajstić information content (AvgIpc) is 2.67. The Hall–Kier alpha value is -3.60. The van der Waals surface area contributed by atoms with Gasteiger partial charge in [-0.25, -0.2) is 0 Å². The highest BCUT2D eigenvalue weighted by molar-refractivity contribution is 6.31. The van der Waals surface area contributed by atoms with E-state index in [4.69, 9.17) is 5.73 Å². The molecule has 4 N–H and O–H groups in total. The summed E-state index contributed by atoms with van der Waals surface area (Å²) in [6.45, 7) is 0.474. The van der Waals surface area contributed by atoms with Crippen LogP contribution in [0.1, 0.15) is 37.4 Å². The van der Waals surface area contributed by atoms with Crippen LogP contribution in [0.25, 0.3) is 0 Å². The molecule has 5 nitrogen and oxygen atoms in total. The van der Waals surface area contributed by atoms with Crippen LogP contribution in [0.2, 0.25) is 0 Å². The van der Waals surface area contributed by atoms with Gasteiger partial charge in [-0.3, -0.25) is 9.59 Å². The van der Waals surface area contributed by atoms with Crippen molar-refractivity contribution < 1.29 is 14.7 Å². The number of nitrogens with two attached hydrogens (primary N) is 1. The molecule has 0 saturated carbocycles. The van der Waals surface area contributed by atoms with Gasteiger partial charge in [-0.15, -0.1) is 0 Å². The maximum atomic E-state index is 12.9. The van der Waals surface area contributed by atoms with Crippen LogP contribution in [0.15, 0.2) is 60.7 Å². The molecule has 0 atom stereocenters. The Balaban J connectivity index is 1.78. The van der Waals surface area contributed by atoms with Gasteiger partial charge in [-0.2, -0.15) is 0 Å². The summed E-state index contributed by atoms with van der Waals surface area (Å²) in [6.07, 6.45) is 0. The first-order valence-corrected chi connectivity index (χ1v) is 8.19. The third kappa shape index (κ3) is 2.41. The van der Waals surface area contributed by atoms with Gasteiger partial charge >= 0.3 is 0 Å². The number of carbonyl (C=O) groups excluding carboxylic acids is 2. The van der Waals surface area contributed by atoms with Crippen molar-refractivity contribution in [1.29, 1.82) is 0 Å². The number of phenolic OH excluding ortho intramolecular Hbond substituents is 1. The number of nitrogens with one attached hydrogen (secondary N) is 1. The van der Waals surface area contributed by atoms with Crippen molar-refractivity contribution in [2.75, 3.05) is 11.1 Å². The predicted molar refractivity (Wildman–Crippen MR) is 99.6 cm³/mol. The van der Waals surface area contributed by atoms with Crippen LogP contribution in [0.4, 0.5) is 11.4 Å². The van der Waals surface area contributed by atoms with Crippen LogP contribution in [0, 0.1) is 0 Å². The summed E-state index contributed by atoms with van der Waals surface area (Å²) in [5.41, 5.74) is 8.43. The van der Waals surface area contributed by atoms with E-state index < -0.39 is 5.78 Å². The molecule has 0 saturated heterocycles. The van der Waals surface area contributed by atoms with E-state index in [1.165, 1.54) is 6.07 Å². The van der Waals surface area contributed by atoms with Crippen LogP contribution in [0.5, 0.6) is 5.75 Å². The van der Waals surface area contributed by atoms with Gasteiger partial charge in [-0.1, -0.05) is 54.6 Å². The SMILES string of the molecule is Nc1c(NCc2ccccc2)cc(O)c2c1C(=O)c1ccccc1C2=O. The molecule has 0 heterocycles. The lowest BCUT2D eigenvalue weighted by Gasteiger charge is -2.22. The van der Waals surface area contributed by atoms with Crippen molar-refractivity contribution >= 4 is 22.9 Å². The van der Waals surface area contributed by atoms with Crippen molar-refractivity contribution in [2.45, 2.75) is 6.54 Å². The maximum Gasteiger partial charge on any atom is 0.198 e. The van der Waals surface area contributed by atoms with Gasteiger partial charge in [0.1, 0.15) is 5.75 Å². The number of rotatable bonds is 3. The molecule has 128 valence electrons. The second-order valence-electron chi connectivity index (χ2n) is 6.15. The third-order valence-electron chi connectivity index (χ3n) is 4.54. The molecule has 0 bridgehead atoms. The highest BCUT2D eigenvalue weighted by atomic mass is 16.3. The number of carbonyl (C=O) groups is 2. The topological polar surface area (TPSA) is 92.4 Å². The second-order valence-corrected chi connectivity index (χ2v) is 6.15. The van der Waals surface area contributed by atoms with Crippen molar-refractivity contribution in [2.24, 2.45) is 0 Å². The second kappa shape index (κ2) is 6.04. The minimum atomic E-state index is -0.394. The fourth-order valence-corrected chi connectivity index (χ4v) is 3.24. The summed E-state index contributed by atoms with van der Waals surface area (Å²) in [5.74, 6) is -1.00. The van der Waals surface area contributed by atoms with E-state index in [9.17, 15) is 14.7 Å². The summed E-state index contributed by atoms with van der Waals surface area (Å²) in [7, 11) is 0. The molecule has 0 unspecified atom stereocenters. The van der Waals surface area contributed by atoms with E-state index in [2.05, 4.69) is 5.32 Å². The van der Waals surface area contributed by atoms with Crippen molar-refractivity contribution in [3.63, 3.8) is 0 Å². The standard InChI is InChI=1S/C21H16N2O3/c22-19-15(23-11-12-6-2-1-3-7-12)10-16(24)17-18(19)21(26)14-9-5-4-8-13(14)20(17)25/h1-10,23-24H,11,22H2. The monoisotopic (exact) mass is 344 g/mol. The van der Waals surface area contributed by atoms with E-state index >= 15 is 0 Å². The third-order valence-corrected chi connectivity index (χ3v) is 4.54. The Morgan fingerprint density at radius 1 is 0.846 bits per heavy atom. The van der Waals surface area contributed by atoms with Crippen LogP contribution < -0.4 is 11.1 Å². The van der Waals surface area contributed by atoms with E-state index in [1.807, 2.05) is 30.3 Å². The lowest BCUT2D eigenvalue weighted by Crippen LogP contribution is -2.23. The Morgan fingerprint density at radius 3 is 2.08 bits per heavy atom. The molecule has 0 aromatic heterocycles. The molecule has 0 fully saturated rings. The fraction of sp³-hybridized carbons (Fsp3) is 0.0476. The first-order valence-electron chi connectivity index (χ1n) is 8.19. The Labute approximate surface area is 150 Å². The molecule has 0 amide bonds. The molecule has 4 rings (SSSR count). The molecular formula is C21H16N2O3. The number of ketones is 2. The first-order chi connectivity index (χ1) is 12.6. The van der Waals surface area contributed by atoms with E-state index in [0.717, 1.165) is 5.56 Å². The summed E-state index contributed by atoms with van der Waals surface area (Å²) in [4.78, 5) is 25.6. The van der Waals surface area contributed by atoms with Crippen molar-refractivity contribution in [1.82, 2.24) is 0 Å². The molecule has 3 aromatic carbocycles. The van der Waals surface area contributed by atoms with Gasteiger partial charge in [0.05, 0.1) is 22.5 Å². The minimum Gasteiger partial charge on any atom is -0.507 e. The molecule has 0 radical (unpaired) electrons. The number of hydrogen-bond donors (Lipinski definition) is 3. The molecule has 0 spiro atoms. The van der Waals surface area contributed by atoms with Gasteiger partial charge < -0.3 is 16.2 Å². The molecule has 0 aliphatic heterocycles. The average molecular weight is 344 g/mol. The molecule has 1 aliphatic rings. The van der Waals surface area contributed by atoms with Gasteiger partial charge in [0.2, 0.25) is 0 Å². The highest BCUT2D eigenvalue weighted by Crippen LogP contribution is 2.40. The lowest BCUT2D eigenvalue weighted by atomic mass is 9.82. The van der Waals surface area contributed by atoms with E-state index in [1.54, 1.807) is 24.3 Å². The number of anilines is 2. The minimum absolute atomic E-state index is 0.0311. The molecule has 1 aliphatic carbocycles. The van der Waals surface area contributed by atoms with Gasteiger partial charge in [-0.05, 0) is 5.56 Å². The quantitative estimate of drug-likeness (QED) is 0.391. The van der Waals surface area contributed by atoms with Gasteiger partial charge in [0.15, 0.2) is 11.6 Å². The number of fused-ring (bicyclic) bond motifs is 2. The Kier molecular flexibility index (Phi) is 3.69. The summed E-state index contributed by atoms with van der Waals surface area (Å²) in [6, 6.07) is 17.6. The number of phenols is 1. The molecular weight excluding hydrogens is 328 g/mol. The number of nitrogen functional groups attached to an aromatic ring is 1. The normalized spacial score (nSPS) is 12.5. The first kappa shape index (κ1) is 15.9. The summed E-state index contributed by atoms with van der Waals surface area (Å²) in [5, 5.41) is 13.5. The maximum absolute atomic E-state index is 12.9. The highest BCUT2D eigenvalue weighted by Gasteiger charge is 2.34. The lowest BCUT2D eigenvalue weighted by molar-refractivity contribution is 0.0977. The number of benzene rings is 3. The van der Waals surface area contributed by atoms with Crippen LogP contribution in [-0.2, 0) is 6.54 Å². The van der Waals surface area contributed by atoms with Crippen molar-refractivity contribution in [3.8, 4) is 5.75 Å². The van der Waals surface area contributed by atoms with E-state index in [0.29, 0.717) is 17.8 Å². The predicted octanol–water partition coefficient (Wildman–Crippen LogP) is 3.36. The summed E-state index contributed by atoms with van der Waals surface area (Å²) >= 11 is 0. The number of aromatic hydroxyl groups is 1. The van der Waals surface area contributed by atoms with Crippen LogP contribution in [0.3, 0.4) is 0 Å². The van der Waals surface area contributed by atoms with E-state index in [-0.39, 0.29) is 33.9 Å². The zero-order valence-electron chi connectivity index (χ0n) is 13.8. The molecule has 3 aromatic rings. The largest absolute Gasteiger partial charge is 0.507 e. The zero-order valence-corrected chi connectivity index (χ0v) is 13.8. The Bertz CT molecular complexity index is 1040. The molecule has 26 heavy (non-hydrogen) atoms. The smallest absolute Gasteiger partial charge is 0.198 e. The summed E-state index contributed by atoms with van der Waals surface area (Å²) < 4.78 is 0. The fourth-order valence-electron chi connectivity index (χ4n) is 3.24. The molecule has 5 heteroatoms. The van der Waals surface area contributed by atoms with Crippen molar-refractivity contribution in [3.05, 3.63) is 88.5 Å². The van der Waals surface area contributed by atoms with Gasteiger partial charge in [0.25, 0.3) is 0 Å². The van der Waals surface area contributed by atoms with Gasteiger partial charge in [0, 0.05) is 23.7 Å². The van der Waals surface area contributed by atoms with Crippen LogP contribution >= 0.6 is 0 Å². The number of hydrogen-bond acceptors (Lipinski definition) is 5. The Morgan fingerprint density at radius 2 is 1.42 bits per heavy atom. The zero-order chi connectivity index (χ0) is 18.3. The van der Waals surface area contributed by atoms with Crippen LogP contribution in [-0.4, -0.2) is 16.7 Å².